The smallest absolute Gasteiger partial charge is 0.468 e. The maximum atomic E-state index is 14.0. The summed E-state index contributed by atoms with van der Waals surface area (Å²) in [5.74, 6) is 0. The number of benzene rings is 1. The number of aryl methyl sites for hydroxylation is 2. The lowest BCUT2D eigenvalue weighted by molar-refractivity contribution is -0.128. The zero-order chi connectivity index (χ0) is 23.3. The molecule has 0 radical (unpaired) electrons. The normalized spacial score (nSPS) is 15.1. The summed E-state index contributed by atoms with van der Waals surface area (Å²) in [6, 6.07) is 9.63. The average Bonchev–Trinajstić information content (AvgIpc) is 3.23. The molecule has 1 aromatic carbocycles. The van der Waals surface area contributed by atoms with Crippen LogP contribution in [0.3, 0.4) is 0 Å². The van der Waals surface area contributed by atoms with Gasteiger partial charge in [-0.05, 0) is 74.9 Å². The maximum Gasteiger partial charge on any atom is 0.677 e. The number of halogens is 2. The number of nitrogens with zero attached hydrogens (tertiary/aromatic N) is 2. The number of unbranched alkanes of at least 4 members (excludes halogenated alkanes) is 1. The summed E-state index contributed by atoms with van der Waals surface area (Å²) in [4.78, 5) is 14.8. The van der Waals surface area contributed by atoms with E-state index in [1.807, 2.05) is 63.3 Å². The van der Waals surface area contributed by atoms with Gasteiger partial charge < -0.3 is 9.21 Å². The molecule has 0 bridgehead atoms. The Morgan fingerprint density at radius 1 is 1.16 bits per heavy atom. The molecule has 1 aliphatic rings. The Labute approximate surface area is 188 Å². The van der Waals surface area contributed by atoms with Crippen LogP contribution in [0.4, 0.5) is 8.63 Å². The Balaban J connectivity index is 2.01. The second kappa shape index (κ2) is 10.4. The molecule has 0 saturated carbocycles. The zero-order valence-electron chi connectivity index (χ0n) is 18.9. The van der Waals surface area contributed by atoms with E-state index in [0.29, 0.717) is 30.0 Å². The van der Waals surface area contributed by atoms with Crippen molar-refractivity contribution in [3.8, 4) is 0 Å². The molecule has 2 heterocycles. The number of ether oxygens (including phenoxy) is 1. The summed E-state index contributed by atoms with van der Waals surface area (Å²) in [6.45, 7) is 8.28. The van der Waals surface area contributed by atoms with Crippen LogP contribution < -0.4 is 0 Å². The highest BCUT2D eigenvalue weighted by molar-refractivity contribution is 6.41. The average molecular weight is 436 g/mol. The molecule has 3 rings (SSSR count). The van der Waals surface area contributed by atoms with Gasteiger partial charge in [0.1, 0.15) is 0 Å². The lowest BCUT2D eigenvalue weighted by atomic mass is 9.94. The number of aromatic nitrogens is 1. The highest BCUT2D eigenvalue weighted by atomic mass is 19.2. The van der Waals surface area contributed by atoms with E-state index < -0.39 is 7.40 Å². The van der Waals surface area contributed by atoms with Crippen LogP contribution in [-0.4, -0.2) is 30.7 Å². The van der Waals surface area contributed by atoms with Crippen molar-refractivity contribution in [3.63, 3.8) is 0 Å². The van der Waals surface area contributed by atoms with Crippen molar-refractivity contribution in [1.29, 1.82) is 0 Å². The van der Waals surface area contributed by atoms with Gasteiger partial charge in [-0.2, -0.15) is 0 Å². The lowest BCUT2D eigenvalue weighted by Crippen LogP contribution is -2.18. The molecule has 1 aromatic heterocycles. The Hall–Kier alpha value is -3.22. The highest BCUT2D eigenvalue weighted by Crippen LogP contribution is 2.37. The van der Waals surface area contributed by atoms with Gasteiger partial charge in [-0.1, -0.05) is 36.4 Å². The summed E-state index contributed by atoms with van der Waals surface area (Å²) in [5.41, 5.74) is 6.90. The summed E-state index contributed by atoms with van der Waals surface area (Å²) in [5, 5.41) is 0. The Bertz CT molecular complexity index is 1110. The van der Waals surface area contributed by atoms with E-state index in [1.54, 1.807) is 13.0 Å². The van der Waals surface area contributed by atoms with Crippen molar-refractivity contribution in [2.45, 2.75) is 40.5 Å². The van der Waals surface area contributed by atoms with Gasteiger partial charge in [0.05, 0.1) is 12.3 Å². The van der Waals surface area contributed by atoms with Gasteiger partial charge in [-0.15, -0.1) is 0 Å². The standard InChI is InChI=1S/C25H27BF2N2O2/c1-17-14-19(3)29-24(17)23(25-18(2)15-20(4)30(25)26(27)28)22-11-9-21(10-12-22)8-6-5-7-13-32-16-31/h6,8-12,14-16H,5,7,13H2,1-4H3/b8-6+,24-23-. The van der Waals surface area contributed by atoms with Crippen molar-refractivity contribution < 1.29 is 18.2 Å². The molecular formula is C25H27BF2N2O2. The molecule has 0 aliphatic carbocycles. The monoisotopic (exact) mass is 436 g/mol. The minimum atomic E-state index is -2.64. The van der Waals surface area contributed by atoms with Crippen LogP contribution in [0.1, 0.15) is 54.8 Å². The van der Waals surface area contributed by atoms with Crippen molar-refractivity contribution >= 4 is 31.2 Å². The number of hydrogen-bond donors (Lipinski definition) is 0. The zero-order valence-corrected chi connectivity index (χ0v) is 18.9. The minimum Gasteiger partial charge on any atom is -0.468 e. The summed E-state index contributed by atoms with van der Waals surface area (Å²) < 4.78 is 33.8. The van der Waals surface area contributed by atoms with Crippen LogP contribution in [0, 0.1) is 13.8 Å². The van der Waals surface area contributed by atoms with E-state index in [4.69, 9.17) is 0 Å². The molecule has 0 unspecified atom stereocenters. The summed E-state index contributed by atoms with van der Waals surface area (Å²) in [6.07, 6.45) is 7.55. The fourth-order valence-electron chi connectivity index (χ4n) is 4.02. The second-order valence-electron chi connectivity index (χ2n) is 7.90. The highest BCUT2D eigenvalue weighted by Gasteiger charge is 2.29. The molecule has 7 heteroatoms. The molecule has 0 atom stereocenters. The minimum absolute atomic E-state index is 0.402. The number of carbonyl (C=O) groups is 1. The van der Waals surface area contributed by atoms with Gasteiger partial charge >= 0.3 is 7.40 Å². The molecule has 4 nitrogen and oxygen atoms in total. The van der Waals surface area contributed by atoms with Crippen LogP contribution in [-0.2, 0) is 9.53 Å². The number of hydrogen-bond acceptors (Lipinski definition) is 3. The van der Waals surface area contributed by atoms with Gasteiger partial charge in [-0.3, -0.25) is 18.4 Å². The predicted octanol–water partition coefficient (Wildman–Crippen LogP) is 6.02. The predicted molar refractivity (Wildman–Crippen MR) is 127 cm³/mol. The van der Waals surface area contributed by atoms with Crippen molar-refractivity contribution in [3.05, 3.63) is 81.8 Å². The number of allylic oxidation sites excluding steroid dienone is 3. The lowest BCUT2D eigenvalue weighted by Gasteiger charge is -2.17. The quantitative estimate of drug-likeness (QED) is 0.274. The van der Waals surface area contributed by atoms with E-state index in [-0.39, 0.29) is 0 Å². The first-order valence-electron chi connectivity index (χ1n) is 10.6. The third-order valence-electron chi connectivity index (χ3n) is 5.39. The molecule has 0 amide bonds. The molecular weight excluding hydrogens is 409 g/mol. The molecule has 32 heavy (non-hydrogen) atoms. The van der Waals surface area contributed by atoms with Gasteiger partial charge in [0.15, 0.2) is 0 Å². The third-order valence-corrected chi connectivity index (χ3v) is 5.39. The molecule has 1 aliphatic heterocycles. The second-order valence-corrected chi connectivity index (χ2v) is 7.90. The molecule has 0 saturated heterocycles. The number of rotatable bonds is 9. The summed E-state index contributed by atoms with van der Waals surface area (Å²) in [7, 11) is -2.64. The van der Waals surface area contributed by atoms with Gasteiger partial charge in [-0.25, -0.2) is 0 Å². The first-order chi connectivity index (χ1) is 15.3. The first-order valence-corrected chi connectivity index (χ1v) is 10.6. The first kappa shape index (κ1) is 23.4. The maximum absolute atomic E-state index is 14.0. The van der Waals surface area contributed by atoms with E-state index in [0.717, 1.165) is 51.0 Å². The van der Waals surface area contributed by atoms with Crippen LogP contribution in [0.5, 0.6) is 0 Å². The molecule has 0 fully saturated rings. The van der Waals surface area contributed by atoms with E-state index in [1.165, 1.54) is 0 Å². The van der Waals surface area contributed by atoms with E-state index >= 15 is 0 Å². The van der Waals surface area contributed by atoms with Crippen LogP contribution >= 0.6 is 0 Å². The number of aliphatic imine (C=N–C) groups is 1. The summed E-state index contributed by atoms with van der Waals surface area (Å²) >= 11 is 0. The topological polar surface area (TPSA) is 43.6 Å². The van der Waals surface area contributed by atoms with Crippen molar-refractivity contribution in [1.82, 2.24) is 4.48 Å². The third kappa shape index (κ3) is 5.15. The molecule has 0 spiro atoms. The van der Waals surface area contributed by atoms with Crippen LogP contribution in [0.15, 0.2) is 58.7 Å². The van der Waals surface area contributed by atoms with Crippen LogP contribution in [0.2, 0.25) is 0 Å². The Morgan fingerprint density at radius 3 is 2.47 bits per heavy atom. The van der Waals surface area contributed by atoms with Gasteiger partial charge in [0.2, 0.25) is 0 Å². The number of carbonyl (C=O) groups excluding carboxylic acids is 1. The van der Waals surface area contributed by atoms with Gasteiger partial charge in [0, 0.05) is 22.7 Å². The Morgan fingerprint density at radius 2 is 1.88 bits per heavy atom. The van der Waals surface area contributed by atoms with E-state index in [9.17, 15) is 13.4 Å². The molecule has 0 N–H and O–H groups in total. The van der Waals surface area contributed by atoms with Gasteiger partial charge in [0.25, 0.3) is 6.47 Å². The van der Waals surface area contributed by atoms with E-state index in [2.05, 4.69) is 9.73 Å². The fraction of sp³-hybridized carbons (Fsp3) is 0.280. The SMILES string of the molecule is CC1=CC(C)=N/C1=C(/c1ccc(/C=C/CCCOC=O)cc1)c1c(C)cc(C)n1B(F)F. The van der Waals surface area contributed by atoms with Crippen molar-refractivity contribution in [2.24, 2.45) is 4.99 Å². The molecule has 2 aromatic rings. The molecule has 166 valence electrons. The van der Waals surface area contributed by atoms with Crippen LogP contribution in [0.25, 0.3) is 11.6 Å². The fourth-order valence-corrected chi connectivity index (χ4v) is 4.02. The Kier molecular flexibility index (Phi) is 7.62. The largest absolute Gasteiger partial charge is 0.677 e. The van der Waals surface area contributed by atoms with Crippen molar-refractivity contribution in [2.75, 3.05) is 6.61 Å².